The lowest BCUT2D eigenvalue weighted by atomic mass is 10.1. The molecule has 1 aromatic rings. The Morgan fingerprint density at radius 3 is 2.53 bits per heavy atom. The fourth-order valence-corrected chi connectivity index (χ4v) is 1.50. The van der Waals surface area contributed by atoms with E-state index in [1.54, 1.807) is 0 Å². The van der Waals surface area contributed by atoms with Gasteiger partial charge in [-0.05, 0) is 51.8 Å². The van der Waals surface area contributed by atoms with E-state index in [4.69, 9.17) is 9.47 Å². The van der Waals surface area contributed by atoms with Gasteiger partial charge in [0.05, 0.1) is 6.61 Å². The summed E-state index contributed by atoms with van der Waals surface area (Å²) < 4.78 is 11.4. The van der Waals surface area contributed by atoms with Gasteiger partial charge in [-0.1, -0.05) is 18.7 Å². The van der Waals surface area contributed by atoms with E-state index in [0.29, 0.717) is 12.4 Å². The van der Waals surface area contributed by atoms with Crippen LogP contribution in [0.3, 0.4) is 0 Å². The van der Waals surface area contributed by atoms with Crippen molar-refractivity contribution in [2.75, 3.05) is 6.61 Å². The van der Waals surface area contributed by atoms with Gasteiger partial charge in [0.25, 0.3) is 0 Å². The van der Waals surface area contributed by atoms with Crippen molar-refractivity contribution >= 4 is 0 Å². The van der Waals surface area contributed by atoms with Crippen LogP contribution >= 0.6 is 0 Å². The minimum atomic E-state index is -0.519. The van der Waals surface area contributed by atoms with E-state index >= 15 is 0 Å². The topological polar surface area (TPSA) is 18.5 Å². The van der Waals surface area contributed by atoms with Crippen molar-refractivity contribution < 1.29 is 9.47 Å². The highest BCUT2D eigenvalue weighted by Crippen LogP contribution is 2.27. The highest BCUT2D eigenvalue weighted by atomic mass is 16.5. The molecule has 94 valence electrons. The van der Waals surface area contributed by atoms with Gasteiger partial charge in [-0.2, -0.15) is 0 Å². The van der Waals surface area contributed by atoms with Gasteiger partial charge in [0.15, 0.2) is 5.60 Å². The average molecular weight is 234 g/mol. The van der Waals surface area contributed by atoms with Gasteiger partial charge in [0, 0.05) is 0 Å². The molecule has 0 bridgehead atoms. The Bertz CT molecular complexity index is 405. The molecule has 0 spiro atoms. The van der Waals surface area contributed by atoms with Crippen molar-refractivity contribution in [1.82, 2.24) is 0 Å². The van der Waals surface area contributed by atoms with Crippen LogP contribution < -0.4 is 4.74 Å². The van der Waals surface area contributed by atoms with Gasteiger partial charge in [0.1, 0.15) is 11.5 Å². The van der Waals surface area contributed by atoms with E-state index in [0.717, 1.165) is 11.3 Å². The number of aryl methyl sites for hydroxylation is 2. The van der Waals surface area contributed by atoms with Crippen LogP contribution in [0.4, 0.5) is 0 Å². The summed E-state index contributed by atoms with van der Waals surface area (Å²) >= 11 is 0. The van der Waals surface area contributed by atoms with E-state index in [1.807, 2.05) is 33.8 Å². The lowest BCUT2D eigenvalue weighted by Gasteiger charge is -2.29. The standard InChI is InChI=1S/C15H22O2/c1-7-16-13(4)15(5,6)17-14-10-11(2)8-9-12(14)3/h8-10H,4,7H2,1-3,5-6H3. The first-order valence-electron chi connectivity index (χ1n) is 5.95. The lowest BCUT2D eigenvalue weighted by Crippen LogP contribution is -2.32. The fraction of sp³-hybridized carbons (Fsp3) is 0.467. The number of hydrogen-bond acceptors (Lipinski definition) is 2. The molecule has 0 saturated carbocycles. The molecule has 0 amide bonds. The molecule has 0 N–H and O–H groups in total. The van der Waals surface area contributed by atoms with E-state index in [1.165, 1.54) is 5.56 Å². The van der Waals surface area contributed by atoms with Gasteiger partial charge < -0.3 is 9.47 Å². The molecule has 0 aromatic heterocycles. The fourth-order valence-electron chi connectivity index (χ4n) is 1.50. The number of hydrogen-bond donors (Lipinski definition) is 0. The molecule has 0 aliphatic carbocycles. The third-order valence-corrected chi connectivity index (χ3v) is 2.70. The number of ether oxygens (including phenoxy) is 2. The van der Waals surface area contributed by atoms with Crippen LogP contribution in [0.25, 0.3) is 0 Å². The minimum absolute atomic E-state index is 0.519. The first-order chi connectivity index (χ1) is 7.86. The molecule has 0 atom stereocenters. The summed E-state index contributed by atoms with van der Waals surface area (Å²) in [6, 6.07) is 6.17. The van der Waals surface area contributed by atoms with Crippen molar-refractivity contribution in [3.8, 4) is 5.75 Å². The van der Waals surface area contributed by atoms with Gasteiger partial charge in [-0.25, -0.2) is 0 Å². The molecule has 0 unspecified atom stereocenters. The summed E-state index contributed by atoms with van der Waals surface area (Å²) in [4.78, 5) is 0. The van der Waals surface area contributed by atoms with Crippen molar-refractivity contribution in [1.29, 1.82) is 0 Å². The monoisotopic (exact) mass is 234 g/mol. The molecule has 0 radical (unpaired) electrons. The first-order valence-corrected chi connectivity index (χ1v) is 5.95. The van der Waals surface area contributed by atoms with Crippen molar-refractivity contribution in [3.05, 3.63) is 41.7 Å². The molecule has 0 saturated heterocycles. The summed E-state index contributed by atoms with van der Waals surface area (Å²) in [5, 5.41) is 0. The first kappa shape index (κ1) is 13.6. The Balaban J connectivity index is 2.89. The molecule has 0 fully saturated rings. The maximum atomic E-state index is 6.00. The molecule has 1 aromatic carbocycles. The van der Waals surface area contributed by atoms with Crippen LogP contribution in [0.5, 0.6) is 5.75 Å². The second kappa shape index (κ2) is 5.26. The predicted molar refractivity (Wildman–Crippen MR) is 71.4 cm³/mol. The molecule has 17 heavy (non-hydrogen) atoms. The van der Waals surface area contributed by atoms with Gasteiger partial charge in [-0.15, -0.1) is 0 Å². The van der Waals surface area contributed by atoms with Crippen LogP contribution in [0, 0.1) is 13.8 Å². The largest absolute Gasteiger partial charge is 0.495 e. The zero-order valence-electron chi connectivity index (χ0n) is 11.5. The summed E-state index contributed by atoms with van der Waals surface area (Å²) in [5.41, 5.74) is 1.78. The third kappa shape index (κ3) is 3.52. The molecule has 0 heterocycles. The zero-order valence-corrected chi connectivity index (χ0v) is 11.5. The smallest absolute Gasteiger partial charge is 0.159 e. The number of benzene rings is 1. The highest BCUT2D eigenvalue weighted by molar-refractivity contribution is 5.37. The van der Waals surface area contributed by atoms with E-state index < -0.39 is 5.60 Å². The van der Waals surface area contributed by atoms with Crippen LogP contribution in [0.1, 0.15) is 31.9 Å². The third-order valence-electron chi connectivity index (χ3n) is 2.70. The molecule has 1 rings (SSSR count). The van der Waals surface area contributed by atoms with Crippen LogP contribution in [0.2, 0.25) is 0 Å². The quantitative estimate of drug-likeness (QED) is 0.717. The van der Waals surface area contributed by atoms with Crippen LogP contribution in [-0.2, 0) is 4.74 Å². The Kier molecular flexibility index (Phi) is 4.22. The highest BCUT2D eigenvalue weighted by Gasteiger charge is 2.26. The van der Waals surface area contributed by atoms with Gasteiger partial charge >= 0.3 is 0 Å². The van der Waals surface area contributed by atoms with Gasteiger partial charge in [0.2, 0.25) is 0 Å². The number of rotatable bonds is 5. The van der Waals surface area contributed by atoms with Crippen molar-refractivity contribution in [3.63, 3.8) is 0 Å². The lowest BCUT2D eigenvalue weighted by molar-refractivity contribution is 0.0637. The van der Waals surface area contributed by atoms with Crippen molar-refractivity contribution in [2.24, 2.45) is 0 Å². The molecule has 0 aliphatic heterocycles. The average Bonchev–Trinajstić information content (AvgIpc) is 2.23. The Hall–Kier alpha value is -1.44. The summed E-state index contributed by atoms with van der Waals surface area (Å²) in [7, 11) is 0. The minimum Gasteiger partial charge on any atom is -0.495 e. The van der Waals surface area contributed by atoms with Crippen molar-refractivity contribution in [2.45, 2.75) is 40.2 Å². The van der Waals surface area contributed by atoms with Gasteiger partial charge in [-0.3, -0.25) is 0 Å². The van der Waals surface area contributed by atoms with Crippen LogP contribution in [0.15, 0.2) is 30.5 Å². The predicted octanol–water partition coefficient (Wildman–Crippen LogP) is 4.01. The second-order valence-electron chi connectivity index (χ2n) is 4.74. The maximum Gasteiger partial charge on any atom is 0.159 e. The van der Waals surface area contributed by atoms with Crippen LogP contribution in [-0.4, -0.2) is 12.2 Å². The molecular formula is C15H22O2. The summed E-state index contributed by atoms with van der Waals surface area (Å²) in [6.45, 7) is 14.5. The Morgan fingerprint density at radius 1 is 1.29 bits per heavy atom. The summed E-state index contributed by atoms with van der Waals surface area (Å²) in [6.07, 6.45) is 0. The normalized spacial score (nSPS) is 11.1. The zero-order chi connectivity index (χ0) is 13.1. The molecule has 0 aliphatic rings. The SMILES string of the molecule is C=C(OCC)C(C)(C)Oc1cc(C)ccc1C. The van der Waals surface area contributed by atoms with E-state index in [9.17, 15) is 0 Å². The second-order valence-corrected chi connectivity index (χ2v) is 4.74. The maximum absolute atomic E-state index is 6.00. The molecular weight excluding hydrogens is 212 g/mol. The molecule has 2 heteroatoms. The molecule has 2 nitrogen and oxygen atoms in total. The summed E-state index contributed by atoms with van der Waals surface area (Å²) in [5.74, 6) is 1.54. The van der Waals surface area contributed by atoms with E-state index in [-0.39, 0.29) is 0 Å². The Morgan fingerprint density at radius 2 is 1.94 bits per heavy atom. The van der Waals surface area contributed by atoms with E-state index in [2.05, 4.69) is 25.6 Å². The Labute approximate surface area is 104 Å².